The molecule has 0 saturated heterocycles. The van der Waals surface area contributed by atoms with Gasteiger partial charge in [0.1, 0.15) is 5.82 Å². The lowest BCUT2D eigenvalue weighted by Gasteiger charge is -2.18. The molecule has 5 nitrogen and oxygen atoms in total. The van der Waals surface area contributed by atoms with Crippen LogP contribution in [0.15, 0.2) is 16.7 Å². The number of nitrogens with one attached hydrogen (secondary N) is 1. The lowest BCUT2D eigenvalue weighted by molar-refractivity contribution is 0.514. The fraction of sp³-hybridized carbons (Fsp3) is 0.533. The average Bonchev–Trinajstić information content (AvgIpc) is 2.74. The summed E-state index contributed by atoms with van der Waals surface area (Å²) in [5.41, 5.74) is 3.31. The van der Waals surface area contributed by atoms with Gasteiger partial charge in [0, 0.05) is 19.7 Å². The first kappa shape index (κ1) is 16.1. The predicted octanol–water partition coefficient (Wildman–Crippen LogP) is 2.74. The first-order valence-electron chi connectivity index (χ1n) is 7.29. The van der Waals surface area contributed by atoms with Crippen LogP contribution in [0.2, 0.25) is 0 Å². The fourth-order valence-corrected chi connectivity index (χ4v) is 3.21. The van der Waals surface area contributed by atoms with Crippen molar-refractivity contribution in [3.8, 4) is 0 Å². The van der Waals surface area contributed by atoms with E-state index >= 15 is 0 Å². The molecule has 2 aromatic heterocycles. The van der Waals surface area contributed by atoms with Crippen LogP contribution in [0.25, 0.3) is 0 Å². The molecule has 114 valence electrons. The molecule has 0 spiro atoms. The van der Waals surface area contributed by atoms with E-state index in [-0.39, 0.29) is 6.04 Å². The second kappa shape index (κ2) is 7.13. The molecule has 0 aliphatic rings. The smallest absolute Gasteiger partial charge is 0.125 e. The lowest BCUT2D eigenvalue weighted by Crippen LogP contribution is -2.25. The molecule has 1 N–H and O–H groups in total. The summed E-state index contributed by atoms with van der Waals surface area (Å²) in [6.45, 7) is 7.04. The van der Waals surface area contributed by atoms with E-state index in [1.165, 1.54) is 5.69 Å². The molecular formula is C15H22BrN5. The molecule has 0 bridgehead atoms. The predicted molar refractivity (Wildman–Crippen MR) is 87.2 cm³/mol. The minimum absolute atomic E-state index is 0.160. The van der Waals surface area contributed by atoms with Crippen molar-refractivity contribution in [1.29, 1.82) is 0 Å². The van der Waals surface area contributed by atoms with E-state index in [0.717, 1.165) is 41.1 Å². The molecular weight excluding hydrogens is 330 g/mol. The third-order valence-corrected chi connectivity index (χ3v) is 4.42. The van der Waals surface area contributed by atoms with Gasteiger partial charge in [-0.05, 0) is 41.9 Å². The van der Waals surface area contributed by atoms with Gasteiger partial charge in [-0.25, -0.2) is 9.97 Å². The van der Waals surface area contributed by atoms with E-state index in [9.17, 15) is 0 Å². The van der Waals surface area contributed by atoms with Crippen LogP contribution in [-0.2, 0) is 19.9 Å². The van der Waals surface area contributed by atoms with Gasteiger partial charge in [-0.2, -0.15) is 5.10 Å². The van der Waals surface area contributed by atoms with Crippen molar-refractivity contribution >= 4 is 15.9 Å². The molecule has 0 aliphatic carbocycles. The maximum Gasteiger partial charge on any atom is 0.125 e. The number of nitrogens with zero attached hydrogens (tertiary/aromatic N) is 4. The van der Waals surface area contributed by atoms with Crippen LogP contribution in [0.1, 0.15) is 42.8 Å². The van der Waals surface area contributed by atoms with Gasteiger partial charge in [0.15, 0.2) is 0 Å². The molecule has 2 aromatic rings. The lowest BCUT2D eigenvalue weighted by atomic mass is 10.1. The number of hydrogen-bond donors (Lipinski definition) is 1. The van der Waals surface area contributed by atoms with E-state index in [1.807, 2.05) is 30.9 Å². The Balaban J connectivity index is 2.30. The zero-order valence-electron chi connectivity index (χ0n) is 13.0. The summed E-state index contributed by atoms with van der Waals surface area (Å²) in [4.78, 5) is 8.73. The Bertz CT molecular complexity index is 608. The topological polar surface area (TPSA) is 55.6 Å². The van der Waals surface area contributed by atoms with Crippen molar-refractivity contribution in [2.45, 2.75) is 39.7 Å². The summed E-state index contributed by atoms with van der Waals surface area (Å²) in [5.74, 6) is 0.800. The second-order valence-electron chi connectivity index (χ2n) is 5.03. The van der Waals surface area contributed by atoms with Gasteiger partial charge in [-0.1, -0.05) is 13.8 Å². The van der Waals surface area contributed by atoms with Crippen LogP contribution >= 0.6 is 15.9 Å². The summed E-state index contributed by atoms with van der Waals surface area (Å²) < 4.78 is 3.07. The van der Waals surface area contributed by atoms with Crippen LogP contribution in [0.4, 0.5) is 0 Å². The van der Waals surface area contributed by atoms with Crippen molar-refractivity contribution in [2.24, 2.45) is 7.05 Å². The quantitative estimate of drug-likeness (QED) is 0.869. The highest BCUT2D eigenvalue weighted by atomic mass is 79.9. The number of aryl methyl sites for hydroxylation is 3. The first-order chi connectivity index (χ1) is 10.1. The molecule has 0 fully saturated rings. The zero-order valence-corrected chi connectivity index (χ0v) is 14.6. The monoisotopic (exact) mass is 351 g/mol. The minimum atomic E-state index is 0.160. The fourth-order valence-electron chi connectivity index (χ4n) is 2.43. The van der Waals surface area contributed by atoms with Gasteiger partial charge >= 0.3 is 0 Å². The van der Waals surface area contributed by atoms with Crippen LogP contribution in [0.3, 0.4) is 0 Å². The van der Waals surface area contributed by atoms with Gasteiger partial charge in [0.05, 0.1) is 27.6 Å². The van der Waals surface area contributed by atoms with Gasteiger partial charge in [-0.15, -0.1) is 0 Å². The van der Waals surface area contributed by atoms with E-state index in [0.29, 0.717) is 0 Å². The minimum Gasteiger partial charge on any atom is -0.309 e. The standard InChI is InChI=1S/C15H22BrN5/c1-5-11-15(16)14(21(4)20-11)9-13(17-6-2)12-7-8-18-10(3)19-12/h7-8,13,17H,5-6,9H2,1-4H3. The van der Waals surface area contributed by atoms with Gasteiger partial charge in [0.2, 0.25) is 0 Å². The molecule has 0 saturated carbocycles. The molecule has 2 heterocycles. The average molecular weight is 352 g/mol. The Morgan fingerprint density at radius 1 is 1.38 bits per heavy atom. The summed E-state index contributed by atoms with van der Waals surface area (Å²) in [5, 5.41) is 8.07. The highest BCUT2D eigenvalue weighted by molar-refractivity contribution is 9.10. The Hall–Kier alpha value is -1.27. The molecule has 0 amide bonds. The summed E-state index contributed by atoms with van der Waals surface area (Å²) in [6, 6.07) is 2.14. The van der Waals surface area contributed by atoms with Crippen molar-refractivity contribution in [3.63, 3.8) is 0 Å². The largest absolute Gasteiger partial charge is 0.309 e. The Labute approximate surface area is 134 Å². The van der Waals surface area contributed by atoms with E-state index in [4.69, 9.17) is 0 Å². The van der Waals surface area contributed by atoms with Crippen molar-refractivity contribution < 1.29 is 0 Å². The maximum absolute atomic E-state index is 4.56. The second-order valence-corrected chi connectivity index (χ2v) is 5.82. The molecule has 2 rings (SSSR count). The zero-order chi connectivity index (χ0) is 15.4. The van der Waals surface area contributed by atoms with E-state index in [1.54, 1.807) is 0 Å². The number of aromatic nitrogens is 4. The maximum atomic E-state index is 4.56. The summed E-state index contributed by atoms with van der Waals surface area (Å²) in [7, 11) is 1.99. The first-order valence-corrected chi connectivity index (χ1v) is 8.09. The normalized spacial score (nSPS) is 12.6. The summed E-state index contributed by atoms with van der Waals surface area (Å²) in [6.07, 6.45) is 3.58. The molecule has 0 aliphatic heterocycles. The van der Waals surface area contributed by atoms with E-state index < -0.39 is 0 Å². The highest BCUT2D eigenvalue weighted by Crippen LogP contribution is 2.26. The molecule has 6 heteroatoms. The van der Waals surface area contributed by atoms with Crippen molar-refractivity contribution in [3.05, 3.63) is 39.6 Å². The van der Waals surface area contributed by atoms with Crippen molar-refractivity contribution in [2.75, 3.05) is 6.54 Å². The third-order valence-electron chi connectivity index (χ3n) is 3.51. The van der Waals surface area contributed by atoms with Gasteiger partial charge in [0.25, 0.3) is 0 Å². The summed E-state index contributed by atoms with van der Waals surface area (Å²) >= 11 is 3.69. The van der Waals surface area contributed by atoms with E-state index in [2.05, 4.69) is 50.2 Å². The molecule has 1 unspecified atom stereocenters. The Kier molecular flexibility index (Phi) is 5.47. The van der Waals surface area contributed by atoms with Gasteiger partial charge < -0.3 is 5.32 Å². The number of halogens is 1. The van der Waals surface area contributed by atoms with Crippen LogP contribution < -0.4 is 5.32 Å². The van der Waals surface area contributed by atoms with Crippen LogP contribution in [0, 0.1) is 6.92 Å². The molecule has 21 heavy (non-hydrogen) atoms. The van der Waals surface area contributed by atoms with Crippen LogP contribution in [0.5, 0.6) is 0 Å². The Morgan fingerprint density at radius 2 is 2.14 bits per heavy atom. The van der Waals surface area contributed by atoms with Crippen molar-refractivity contribution in [1.82, 2.24) is 25.1 Å². The number of likely N-dealkylation sites (N-methyl/N-ethyl adjacent to an activating group) is 1. The highest BCUT2D eigenvalue weighted by Gasteiger charge is 2.19. The van der Waals surface area contributed by atoms with Gasteiger partial charge in [-0.3, -0.25) is 4.68 Å². The molecule has 0 radical (unpaired) electrons. The SMILES string of the molecule is CCNC(Cc1c(Br)c(CC)nn1C)c1ccnc(C)n1. The number of hydrogen-bond acceptors (Lipinski definition) is 4. The Morgan fingerprint density at radius 3 is 2.71 bits per heavy atom. The molecule has 0 aromatic carbocycles. The number of rotatable bonds is 6. The third kappa shape index (κ3) is 3.68. The molecule has 1 atom stereocenters. The van der Waals surface area contributed by atoms with Crippen LogP contribution in [-0.4, -0.2) is 26.3 Å².